The third kappa shape index (κ3) is 2.98. The molecule has 1 aromatic carbocycles. The number of aryl methyl sites for hydroxylation is 1. The van der Waals surface area contributed by atoms with E-state index in [1.54, 1.807) is 18.9 Å². The summed E-state index contributed by atoms with van der Waals surface area (Å²) in [6.45, 7) is 4.82. The number of hydrogen-bond acceptors (Lipinski definition) is 3. The molecule has 0 fully saturated rings. The Labute approximate surface area is 130 Å². The molecule has 2 aromatic rings. The predicted molar refractivity (Wildman–Crippen MR) is 85.8 cm³/mol. The Morgan fingerprint density at radius 1 is 1.32 bits per heavy atom. The highest BCUT2D eigenvalue weighted by atomic mass is 16.5. The van der Waals surface area contributed by atoms with E-state index >= 15 is 0 Å². The van der Waals surface area contributed by atoms with E-state index in [1.807, 2.05) is 41.8 Å². The first-order chi connectivity index (χ1) is 10.5. The summed E-state index contributed by atoms with van der Waals surface area (Å²) in [6.07, 6.45) is 0. The average Bonchev–Trinajstić information content (AvgIpc) is 2.91. The molecule has 0 aliphatic heterocycles. The molecule has 1 atom stereocenters. The zero-order valence-corrected chi connectivity index (χ0v) is 13.5. The van der Waals surface area contributed by atoms with Gasteiger partial charge in [0, 0.05) is 31.0 Å². The number of hydrogen-bond donors (Lipinski definition) is 0. The molecule has 1 heterocycles. The summed E-state index contributed by atoms with van der Waals surface area (Å²) in [5, 5.41) is 1.04. The van der Waals surface area contributed by atoms with Crippen molar-refractivity contribution in [2.24, 2.45) is 5.92 Å². The van der Waals surface area contributed by atoms with Crippen LogP contribution in [0, 0.1) is 5.92 Å². The monoisotopic (exact) mass is 302 g/mol. The Bertz CT molecular complexity index is 690. The number of methoxy groups -OCH3 is 1. The number of carbonyl (C=O) groups is 2. The molecule has 0 aliphatic rings. The summed E-state index contributed by atoms with van der Waals surface area (Å²) < 4.78 is 6.71. The highest BCUT2D eigenvalue weighted by Crippen LogP contribution is 2.21. The van der Waals surface area contributed by atoms with Crippen LogP contribution in [0.4, 0.5) is 0 Å². The van der Waals surface area contributed by atoms with Gasteiger partial charge in [0.25, 0.3) is 5.91 Å². The molecule has 0 bridgehead atoms. The average molecular weight is 302 g/mol. The fourth-order valence-corrected chi connectivity index (χ4v) is 2.69. The van der Waals surface area contributed by atoms with Gasteiger partial charge in [-0.2, -0.15) is 0 Å². The van der Waals surface area contributed by atoms with Gasteiger partial charge in [-0.15, -0.1) is 0 Å². The van der Waals surface area contributed by atoms with Crippen molar-refractivity contribution in [1.82, 2.24) is 9.47 Å². The summed E-state index contributed by atoms with van der Waals surface area (Å²) in [7, 11) is 3.06. The van der Waals surface area contributed by atoms with Crippen LogP contribution >= 0.6 is 0 Å². The second-order valence-corrected chi connectivity index (χ2v) is 5.44. The highest BCUT2D eigenvalue weighted by Gasteiger charge is 2.22. The fourth-order valence-electron chi connectivity index (χ4n) is 2.69. The van der Waals surface area contributed by atoms with Crippen LogP contribution < -0.4 is 0 Å². The van der Waals surface area contributed by atoms with Crippen LogP contribution in [-0.4, -0.2) is 42.0 Å². The zero-order chi connectivity index (χ0) is 16.3. The number of carbonyl (C=O) groups excluding carboxylic acids is 2. The fraction of sp³-hybridized carbons (Fsp3) is 0.412. The van der Waals surface area contributed by atoms with Gasteiger partial charge in [0.15, 0.2) is 0 Å². The normalized spacial score (nSPS) is 12.2. The van der Waals surface area contributed by atoms with Gasteiger partial charge in [0.1, 0.15) is 5.69 Å². The van der Waals surface area contributed by atoms with Crippen LogP contribution in [-0.2, 0) is 16.1 Å². The van der Waals surface area contributed by atoms with Crippen molar-refractivity contribution < 1.29 is 14.3 Å². The van der Waals surface area contributed by atoms with E-state index in [2.05, 4.69) is 0 Å². The van der Waals surface area contributed by atoms with Crippen LogP contribution in [0.5, 0.6) is 0 Å². The minimum Gasteiger partial charge on any atom is -0.469 e. The van der Waals surface area contributed by atoms with Crippen molar-refractivity contribution in [2.45, 2.75) is 20.4 Å². The van der Waals surface area contributed by atoms with Crippen LogP contribution in [0.2, 0.25) is 0 Å². The van der Waals surface area contributed by atoms with Gasteiger partial charge in [-0.05, 0) is 19.1 Å². The van der Waals surface area contributed by atoms with E-state index in [9.17, 15) is 9.59 Å². The lowest BCUT2D eigenvalue weighted by Crippen LogP contribution is -2.35. The molecule has 1 unspecified atom stereocenters. The van der Waals surface area contributed by atoms with Gasteiger partial charge in [-0.3, -0.25) is 9.59 Å². The van der Waals surface area contributed by atoms with Crippen molar-refractivity contribution in [1.29, 1.82) is 0 Å². The van der Waals surface area contributed by atoms with Gasteiger partial charge in [-0.1, -0.05) is 25.1 Å². The van der Waals surface area contributed by atoms with Crippen molar-refractivity contribution in [2.75, 3.05) is 20.7 Å². The molecule has 5 heteroatoms. The lowest BCUT2D eigenvalue weighted by molar-refractivity contribution is -0.145. The van der Waals surface area contributed by atoms with E-state index in [1.165, 1.54) is 7.11 Å². The van der Waals surface area contributed by atoms with Crippen LogP contribution in [0.25, 0.3) is 10.9 Å². The number of fused-ring (bicyclic) bond motifs is 1. The van der Waals surface area contributed by atoms with E-state index in [4.69, 9.17) is 4.74 Å². The summed E-state index contributed by atoms with van der Waals surface area (Å²) >= 11 is 0. The SMILES string of the molecule is CCn1c(C(=O)N(C)CC(C)C(=O)OC)cc2ccccc21. The lowest BCUT2D eigenvalue weighted by Gasteiger charge is -2.21. The Kier molecular flexibility index (Phi) is 4.85. The van der Waals surface area contributed by atoms with Crippen LogP contribution in [0.1, 0.15) is 24.3 Å². The third-order valence-corrected chi connectivity index (χ3v) is 3.84. The Morgan fingerprint density at radius 2 is 2.00 bits per heavy atom. The Balaban J connectivity index is 2.27. The van der Waals surface area contributed by atoms with Crippen molar-refractivity contribution in [3.63, 3.8) is 0 Å². The molecule has 0 N–H and O–H groups in total. The lowest BCUT2D eigenvalue weighted by atomic mass is 10.1. The Hall–Kier alpha value is -2.30. The number of rotatable bonds is 5. The maximum atomic E-state index is 12.7. The minimum absolute atomic E-state index is 0.0891. The van der Waals surface area contributed by atoms with Crippen molar-refractivity contribution in [3.8, 4) is 0 Å². The molecular weight excluding hydrogens is 280 g/mol. The molecule has 0 radical (unpaired) electrons. The van der Waals surface area contributed by atoms with Gasteiger partial charge >= 0.3 is 5.97 Å². The summed E-state index contributed by atoms with van der Waals surface area (Å²) in [5.74, 6) is -0.747. The zero-order valence-electron chi connectivity index (χ0n) is 13.5. The second-order valence-electron chi connectivity index (χ2n) is 5.44. The maximum Gasteiger partial charge on any atom is 0.310 e. The van der Waals surface area contributed by atoms with Gasteiger partial charge in [0.05, 0.1) is 13.0 Å². The maximum absolute atomic E-state index is 12.7. The van der Waals surface area contributed by atoms with Crippen LogP contribution in [0.3, 0.4) is 0 Å². The molecule has 1 aromatic heterocycles. The largest absolute Gasteiger partial charge is 0.469 e. The molecule has 2 rings (SSSR count). The van der Waals surface area contributed by atoms with E-state index in [0.717, 1.165) is 17.4 Å². The van der Waals surface area contributed by atoms with E-state index < -0.39 is 0 Å². The number of para-hydroxylation sites is 1. The highest BCUT2D eigenvalue weighted by molar-refractivity contribution is 5.98. The van der Waals surface area contributed by atoms with Crippen molar-refractivity contribution >= 4 is 22.8 Å². The summed E-state index contributed by atoms with van der Waals surface area (Å²) in [4.78, 5) is 25.8. The summed E-state index contributed by atoms with van der Waals surface area (Å²) in [5.41, 5.74) is 1.69. The molecule has 0 saturated heterocycles. The molecule has 0 spiro atoms. The third-order valence-electron chi connectivity index (χ3n) is 3.84. The standard InChI is InChI=1S/C17H22N2O3/c1-5-19-14-9-7-6-8-13(14)10-15(19)16(20)18(3)11-12(2)17(21)22-4/h6-10,12H,5,11H2,1-4H3. The van der Waals surface area contributed by atoms with E-state index in [-0.39, 0.29) is 17.8 Å². The Morgan fingerprint density at radius 3 is 2.64 bits per heavy atom. The molecule has 22 heavy (non-hydrogen) atoms. The van der Waals surface area contributed by atoms with Crippen molar-refractivity contribution in [3.05, 3.63) is 36.0 Å². The first kappa shape index (κ1) is 16.1. The number of ether oxygens (including phenoxy) is 1. The molecule has 1 amide bonds. The molecular formula is C17H22N2O3. The number of esters is 1. The van der Waals surface area contributed by atoms with Crippen LogP contribution in [0.15, 0.2) is 30.3 Å². The predicted octanol–water partition coefficient (Wildman–Crippen LogP) is 2.54. The first-order valence-corrected chi connectivity index (χ1v) is 7.41. The quantitative estimate of drug-likeness (QED) is 0.798. The number of nitrogens with zero attached hydrogens (tertiary/aromatic N) is 2. The number of benzene rings is 1. The minimum atomic E-state index is -0.349. The smallest absolute Gasteiger partial charge is 0.310 e. The van der Waals surface area contributed by atoms with Gasteiger partial charge < -0.3 is 14.2 Å². The molecule has 118 valence electrons. The molecule has 5 nitrogen and oxygen atoms in total. The summed E-state index contributed by atoms with van der Waals surface area (Å²) in [6, 6.07) is 9.83. The molecule has 0 saturated carbocycles. The number of amides is 1. The molecule has 0 aliphatic carbocycles. The second kappa shape index (κ2) is 6.64. The number of aromatic nitrogens is 1. The van der Waals surface area contributed by atoms with Gasteiger partial charge in [-0.25, -0.2) is 0 Å². The topological polar surface area (TPSA) is 51.5 Å². The first-order valence-electron chi connectivity index (χ1n) is 7.41. The van der Waals surface area contributed by atoms with Gasteiger partial charge in [0.2, 0.25) is 0 Å². The van der Waals surface area contributed by atoms with E-state index in [0.29, 0.717) is 12.2 Å².